The maximum absolute atomic E-state index is 12.8. The van der Waals surface area contributed by atoms with Crippen molar-refractivity contribution >= 4 is 50.8 Å². The van der Waals surface area contributed by atoms with Crippen molar-refractivity contribution in [2.75, 3.05) is 6.54 Å². The summed E-state index contributed by atoms with van der Waals surface area (Å²) in [6, 6.07) is 26.1. The molecule has 0 bridgehead atoms. The minimum atomic E-state index is -1.05. The summed E-state index contributed by atoms with van der Waals surface area (Å²) in [7, 11) is 0. The van der Waals surface area contributed by atoms with Gasteiger partial charge in [0.2, 0.25) is 0 Å². The zero-order valence-electron chi connectivity index (χ0n) is 18.9. The molecule has 1 heterocycles. The molecule has 1 atom stereocenters. The summed E-state index contributed by atoms with van der Waals surface area (Å²) >= 11 is 7.57. The largest absolute Gasteiger partial charge is 0.451 e. The van der Waals surface area contributed by atoms with Crippen LogP contribution in [0.3, 0.4) is 0 Å². The topological polar surface area (TPSA) is 84.5 Å². The van der Waals surface area contributed by atoms with Crippen LogP contribution in [-0.2, 0) is 14.3 Å². The predicted molar refractivity (Wildman–Crippen MR) is 138 cm³/mol. The molecular formula is C27H23ClN2O4S. The van der Waals surface area contributed by atoms with Crippen LogP contribution in [0.2, 0.25) is 5.02 Å². The molecule has 4 rings (SSSR count). The first kappa shape index (κ1) is 24.4. The number of amides is 2. The van der Waals surface area contributed by atoms with Gasteiger partial charge in [-0.2, -0.15) is 0 Å². The minimum absolute atomic E-state index is 0.319. The average Bonchev–Trinajstić information content (AvgIpc) is 3.23. The van der Waals surface area contributed by atoms with Gasteiger partial charge in [0.05, 0.1) is 11.1 Å². The molecule has 8 heteroatoms. The van der Waals surface area contributed by atoms with Gasteiger partial charge in [0.25, 0.3) is 11.8 Å². The van der Waals surface area contributed by atoms with E-state index in [1.807, 2.05) is 84.9 Å². The Morgan fingerprint density at radius 2 is 1.46 bits per heavy atom. The summed E-state index contributed by atoms with van der Waals surface area (Å²) in [4.78, 5) is 38.0. The summed E-state index contributed by atoms with van der Waals surface area (Å²) in [6.07, 6.45) is -1.05. The van der Waals surface area contributed by atoms with Crippen LogP contribution in [0, 0.1) is 0 Å². The number of nitrogens with one attached hydrogen (secondary N) is 2. The van der Waals surface area contributed by atoms with E-state index >= 15 is 0 Å². The number of rotatable bonds is 8. The molecule has 3 aromatic carbocycles. The molecule has 0 spiro atoms. The Balaban J connectivity index is 1.35. The van der Waals surface area contributed by atoms with Crippen LogP contribution in [0.25, 0.3) is 10.1 Å². The van der Waals surface area contributed by atoms with Crippen molar-refractivity contribution in [2.45, 2.75) is 19.1 Å². The Labute approximate surface area is 211 Å². The number of carbonyl (C=O) groups excluding carboxylic acids is 3. The standard InChI is InChI=1S/C27H23ClN2O4S/c1-17(26(32)30-24(18-10-4-2-5-11-18)19-12-6-3-7-13-19)34-22(31)16-29-27(33)25-23(28)20-14-8-9-15-21(20)35-25/h2-15,17,24H,16H2,1H3,(H,29,33)(H,30,32). The van der Waals surface area contributed by atoms with Gasteiger partial charge in [-0.3, -0.25) is 14.4 Å². The van der Waals surface area contributed by atoms with Gasteiger partial charge in [0.1, 0.15) is 11.4 Å². The van der Waals surface area contributed by atoms with Crippen molar-refractivity contribution in [3.05, 3.63) is 106 Å². The van der Waals surface area contributed by atoms with Crippen LogP contribution in [-0.4, -0.2) is 30.4 Å². The molecule has 0 fully saturated rings. The number of fused-ring (bicyclic) bond motifs is 1. The molecule has 0 aliphatic carbocycles. The van der Waals surface area contributed by atoms with Crippen molar-refractivity contribution in [1.82, 2.24) is 10.6 Å². The van der Waals surface area contributed by atoms with Crippen molar-refractivity contribution in [3.8, 4) is 0 Å². The number of esters is 1. The first-order valence-electron chi connectivity index (χ1n) is 11.0. The Morgan fingerprint density at radius 1 is 0.886 bits per heavy atom. The fraction of sp³-hybridized carbons (Fsp3) is 0.148. The molecule has 1 unspecified atom stereocenters. The van der Waals surface area contributed by atoms with E-state index in [1.54, 1.807) is 0 Å². The van der Waals surface area contributed by atoms with Gasteiger partial charge in [-0.15, -0.1) is 11.3 Å². The molecule has 0 aliphatic rings. The lowest BCUT2D eigenvalue weighted by Crippen LogP contribution is -2.40. The number of hydrogen-bond donors (Lipinski definition) is 2. The Morgan fingerprint density at radius 3 is 2.06 bits per heavy atom. The summed E-state index contributed by atoms with van der Waals surface area (Å²) in [5.74, 6) is -1.65. The molecule has 35 heavy (non-hydrogen) atoms. The molecule has 2 N–H and O–H groups in total. The van der Waals surface area contributed by atoms with E-state index in [9.17, 15) is 14.4 Å². The average molecular weight is 507 g/mol. The van der Waals surface area contributed by atoms with Crippen molar-refractivity contribution < 1.29 is 19.1 Å². The van der Waals surface area contributed by atoms with Gasteiger partial charge < -0.3 is 15.4 Å². The third-order valence-electron chi connectivity index (χ3n) is 5.36. The highest BCUT2D eigenvalue weighted by molar-refractivity contribution is 7.21. The maximum atomic E-state index is 12.8. The number of carbonyl (C=O) groups is 3. The normalized spacial score (nSPS) is 11.7. The van der Waals surface area contributed by atoms with Crippen LogP contribution in [0.1, 0.15) is 33.8 Å². The lowest BCUT2D eigenvalue weighted by molar-refractivity contribution is -0.153. The Kier molecular flexibility index (Phi) is 7.80. The predicted octanol–water partition coefficient (Wildman–Crippen LogP) is 5.12. The van der Waals surface area contributed by atoms with E-state index in [0.29, 0.717) is 9.90 Å². The molecule has 1 aromatic heterocycles. The smallest absolute Gasteiger partial charge is 0.326 e. The maximum Gasteiger partial charge on any atom is 0.326 e. The molecule has 4 aromatic rings. The second-order valence-corrected chi connectivity index (χ2v) is 9.25. The van der Waals surface area contributed by atoms with Crippen LogP contribution >= 0.6 is 22.9 Å². The highest BCUT2D eigenvalue weighted by atomic mass is 35.5. The number of hydrogen-bond acceptors (Lipinski definition) is 5. The lowest BCUT2D eigenvalue weighted by atomic mass is 9.98. The second kappa shape index (κ2) is 11.2. The second-order valence-electron chi connectivity index (χ2n) is 7.82. The first-order chi connectivity index (χ1) is 16.9. The number of thiophene rings is 1. The van der Waals surface area contributed by atoms with Crippen LogP contribution in [0.15, 0.2) is 84.9 Å². The highest BCUT2D eigenvalue weighted by Gasteiger charge is 2.24. The Bertz CT molecular complexity index is 1300. The summed E-state index contributed by atoms with van der Waals surface area (Å²) in [5, 5.41) is 6.59. The van der Waals surface area contributed by atoms with Gasteiger partial charge in [-0.25, -0.2) is 0 Å². The molecule has 6 nitrogen and oxygen atoms in total. The van der Waals surface area contributed by atoms with Crippen molar-refractivity contribution in [1.29, 1.82) is 0 Å². The molecule has 0 saturated carbocycles. The van der Waals surface area contributed by atoms with E-state index in [2.05, 4.69) is 10.6 Å². The fourth-order valence-electron chi connectivity index (χ4n) is 3.59. The number of benzene rings is 3. The summed E-state index contributed by atoms with van der Waals surface area (Å²) in [6.45, 7) is 1.10. The van der Waals surface area contributed by atoms with E-state index in [0.717, 1.165) is 21.2 Å². The molecule has 0 aliphatic heterocycles. The SMILES string of the molecule is CC(OC(=O)CNC(=O)c1sc2ccccc2c1Cl)C(=O)NC(c1ccccc1)c1ccccc1. The first-order valence-corrected chi connectivity index (χ1v) is 12.2. The third kappa shape index (κ3) is 5.88. The summed E-state index contributed by atoms with van der Waals surface area (Å²) in [5.41, 5.74) is 1.80. The van der Waals surface area contributed by atoms with Crippen LogP contribution < -0.4 is 10.6 Å². The van der Waals surface area contributed by atoms with Gasteiger partial charge >= 0.3 is 5.97 Å². The minimum Gasteiger partial charge on any atom is -0.451 e. The van der Waals surface area contributed by atoms with E-state index < -0.39 is 29.9 Å². The molecule has 2 amide bonds. The number of halogens is 1. The van der Waals surface area contributed by atoms with Crippen molar-refractivity contribution in [2.24, 2.45) is 0 Å². The molecular weight excluding hydrogens is 484 g/mol. The molecule has 178 valence electrons. The monoisotopic (exact) mass is 506 g/mol. The van der Waals surface area contributed by atoms with E-state index in [1.165, 1.54) is 18.3 Å². The lowest BCUT2D eigenvalue weighted by Gasteiger charge is -2.22. The number of ether oxygens (including phenoxy) is 1. The fourth-order valence-corrected chi connectivity index (χ4v) is 5.03. The third-order valence-corrected chi connectivity index (χ3v) is 7.04. The zero-order valence-corrected chi connectivity index (χ0v) is 20.4. The Hall–Kier alpha value is -3.68. The van der Waals surface area contributed by atoms with Gasteiger partial charge in [-0.05, 0) is 24.1 Å². The van der Waals surface area contributed by atoms with Crippen molar-refractivity contribution in [3.63, 3.8) is 0 Å². The highest BCUT2D eigenvalue weighted by Crippen LogP contribution is 2.34. The van der Waals surface area contributed by atoms with E-state index in [-0.39, 0.29) is 6.54 Å². The molecule has 0 saturated heterocycles. The summed E-state index contributed by atoms with van der Waals surface area (Å²) < 4.78 is 6.14. The van der Waals surface area contributed by atoms with Crippen LogP contribution in [0.5, 0.6) is 0 Å². The quantitative estimate of drug-likeness (QED) is 0.325. The van der Waals surface area contributed by atoms with Gasteiger partial charge in [0.15, 0.2) is 6.10 Å². The molecule has 0 radical (unpaired) electrons. The van der Waals surface area contributed by atoms with E-state index in [4.69, 9.17) is 16.3 Å². The van der Waals surface area contributed by atoms with Crippen LogP contribution in [0.4, 0.5) is 0 Å². The van der Waals surface area contributed by atoms with Gasteiger partial charge in [-0.1, -0.05) is 90.5 Å². The zero-order chi connectivity index (χ0) is 24.8. The van der Waals surface area contributed by atoms with Gasteiger partial charge in [0, 0.05) is 10.1 Å².